The van der Waals surface area contributed by atoms with Crippen molar-refractivity contribution in [3.05, 3.63) is 106 Å². The van der Waals surface area contributed by atoms with Crippen LogP contribution in [0, 0.1) is 10.1 Å². The van der Waals surface area contributed by atoms with Crippen molar-refractivity contribution in [1.82, 2.24) is 9.97 Å². The molecule has 3 aromatic carbocycles. The minimum Gasteiger partial charge on any atom is -0.464 e. The number of aromatic nitrogens is 2. The Balaban J connectivity index is 1.73. The van der Waals surface area contributed by atoms with Crippen molar-refractivity contribution in [2.45, 2.75) is 51.2 Å². The second kappa shape index (κ2) is 12.7. The van der Waals surface area contributed by atoms with Crippen molar-refractivity contribution in [3.8, 4) is 22.8 Å². The number of nitrogens with zero attached hydrogens (tertiary/aromatic N) is 2. The number of ether oxygens (including phenoxy) is 2. The fourth-order valence-corrected chi connectivity index (χ4v) is 5.42. The molecule has 1 heterocycles. The summed E-state index contributed by atoms with van der Waals surface area (Å²) in [5.41, 5.74) is 1.69. The van der Waals surface area contributed by atoms with E-state index in [0.717, 1.165) is 0 Å². The van der Waals surface area contributed by atoms with E-state index in [9.17, 15) is 14.9 Å². The molecule has 0 aliphatic rings. The summed E-state index contributed by atoms with van der Waals surface area (Å²) in [6.45, 7) is 11.2. The minimum absolute atomic E-state index is 0.00747. The Bertz CT molecular complexity index is 1530. The summed E-state index contributed by atoms with van der Waals surface area (Å²) < 4.78 is 17.4. The molecule has 9 nitrogen and oxygen atoms in total. The fourth-order valence-electron chi connectivity index (χ4n) is 4.36. The lowest BCUT2D eigenvalue weighted by Crippen LogP contribution is -2.41. The van der Waals surface area contributed by atoms with Crippen molar-refractivity contribution in [2.75, 3.05) is 13.7 Å². The van der Waals surface area contributed by atoms with Crippen LogP contribution in [0.5, 0.6) is 11.5 Å². The maximum atomic E-state index is 12.9. The second-order valence-corrected chi connectivity index (χ2v) is 16.4. The third-order valence-electron chi connectivity index (χ3n) is 7.73. The maximum Gasteiger partial charge on any atom is 0.356 e. The second-order valence-electron chi connectivity index (χ2n) is 11.5. The van der Waals surface area contributed by atoms with Gasteiger partial charge in [0.2, 0.25) is 0 Å². The monoisotopic (exact) mass is 587 g/mol. The molecule has 0 spiro atoms. The van der Waals surface area contributed by atoms with Crippen LogP contribution in [-0.4, -0.2) is 42.9 Å². The molecule has 1 aromatic heterocycles. The predicted molar refractivity (Wildman–Crippen MR) is 165 cm³/mol. The number of carbonyl (C=O) groups is 1. The number of aromatic amines is 1. The molecule has 220 valence electrons. The largest absolute Gasteiger partial charge is 0.464 e. The lowest BCUT2D eigenvalue weighted by molar-refractivity contribution is -0.385. The van der Waals surface area contributed by atoms with Crippen molar-refractivity contribution in [1.29, 1.82) is 0 Å². The molecule has 0 aliphatic heterocycles. The van der Waals surface area contributed by atoms with Gasteiger partial charge >= 0.3 is 5.97 Å². The first kappa shape index (κ1) is 30.7. The summed E-state index contributed by atoms with van der Waals surface area (Å²) in [5.74, 6) is 0.625. The number of imidazole rings is 1. The van der Waals surface area contributed by atoms with E-state index in [4.69, 9.17) is 18.9 Å². The molecular formula is C32H37N3O6Si. The fraction of sp³-hybridized carbons (Fsp3) is 0.312. The molecule has 0 bridgehead atoms. The molecule has 42 heavy (non-hydrogen) atoms. The Morgan fingerprint density at radius 3 is 2.21 bits per heavy atom. The van der Waals surface area contributed by atoms with Gasteiger partial charge in [-0.05, 0) is 61.0 Å². The number of rotatable bonds is 11. The standard InChI is InChI=1S/C32H37N3O6Si/c1-32(2,3)42(5,6)40-21-20-26(25-14-10-11-15-27(25)35(37)38)30-33-28(29(34-30)31(36)39-4)22-16-18-24(19-17-22)41-23-12-8-7-9-13-23/h7-19,26H,20-21H2,1-6H3,(H,33,34). The molecule has 10 heteroatoms. The average molecular weight is 588 g/mol. The first-order valence-corrected chi connectivity index (χ1v) is 16.7. The van der Waals surface area contributed by atoms with Gasteiger partial charge in [0.15, 0.2) is 14.0 Å². The number of hydrogen-bond acceptors (Lipinski definition) is 7. The first-order valence-electron chi connectivity index (χ1n) is 13.8. The number of hydrogen-bond donors (Lipinski definition) is 1. The molecular weight excluding hydrogens is 550 g/mol. The van der Waals surface area contributed by atoms with E-state index in [-0.39, 0.29) is 16.4 Å². The maximum absolute atomic E-state index is 12.9. The molecule has 0 fully saturated rings. The van der Waals surface area contributed by atoms with Gasteiger partial charge in [-0.3, -0.25) is 10.1 Å². The molecule has 4 rings (SSSR count). The SMILES string of the molecule is COC(=O)c1[nH]c(C(CCO[Si](C)(C)C(C)(C)C)c2ccccc2[N+](=O)[O-])nc1-c1ccc(Oc2ccccc2)cc1. The van der Waals surface area contributed by atoms with E-state index in [2.05, 4.69) is 38.8 Å². The molecule has 1 unspecified atom stereocenters. The number of nitro groups is 1. The predicted octanol–water partition coefficient (Wildman–Crippen LogP) is 8.11. The van der Waals surface area contributed by atoms with Crippen LogP contribution in [0.15, 0.2) is 78.9 Å². The third-order valence-corrected chi connectivity index (χ3v) is 12.3. The van der Waals surface area contributed by atoms with Crippen LogP contribution in [-0.2, 0) is 9.16 Å². The van der Waals surface area contributed by atoms with Crippen LogP contribution in [0.4, 0.5) is 5.69 Å². The number of nitro benzene ring substituents is 1. The number of nitrogens with one attached hydrogen (secondary N) is 1. The average Bonchev–Trinajstić information content (AvgIpc) is 3.40. The smallest absolute Gasteiger partial charge is 0.356 e. The minimum atomic E-state index is -2.08. The van der Waals surface area contributed by atoms with E-state index in [1.165, 1.54) is 13.2 Å². The molecule has 0 saturated heterocycles. The summed E-state index contributed by atoms with van der Waals surface area (Å²) in [6, 6.07) is 23.2. The van der Waals surface area contributed by atoms with Crippen LogP contribution >= 0.6 is 0 Å². The molecule has 0 aliphatic carbocycles. The van der Waals surface area contributed by atoms with Crippen molar-refractivity contribution in [2.24, 2.45) is 0 Å². The van der Waals surface area contributed by atoms with Gasteiger partial charge in [-0.25, -0.2) is 9.78 Å². The van der Waals surface area contributed by atoms with Gasteiger partial charge in [0.1, 0.15) is 23.0 Å². The summed E-state index contributed by atoms with van der Waals surface area (Å²) in [7, 11) is -0.774. The molecule has 0 radical (unpaired) electrons. The highest BCUT2D eigenvalue weighted by atomic mass is 28.4. The van der Waals surface area contributed by atoms with Crippen LogP contribution in [0.3, 0.4) is 0 Å². The zero-order valence-electron chi connectivity index (χ0n) is 24.8. The zero-order valence-corrected chi connectivity index (χ0v) is 25.8. The molecule has 1 N–H and O–H groups in total. The Kier molecular flexibility index (Phi) is 9.28. The lowest BCUT2D eigenvalue weighted by Gasteiger charge is -2.36. The van der Waals surface area contributed by atoms with Crippen LogP contribution in [0.25, 0.3) is 11.3 Å². The van der Waals surface area contributed by atoms with Gasteiger partial charge in [0.05, 0.1) is 18.0 Å². The molecule has 0 saturated carbocycles. The Morgan fingerprint density at radius 1 is 0.976 bits per heavy atom. The Labute approximate surface area is 247 Å². The lowest BCUT2D eigenvalue weighted by atomic mass is 9.93. The van der Waals surface area contributed by atoms with Crippen LogP contribution < -0.4 is 4.74 Å². The van der Waals surface area contributed by atoms with Gasteiger partial charge in [0.25, 0.3) is 5.69 Å². The Morgan fingerprint density at radius 2 is 1.60 bits per heavy atom. The van der Waals surface area contributed by atoms with Crippen LogP contribution in [0.1, 0.15) is 55.0 Å². The summed E-state index contributed by atoms with van der Waals surface area (Å²) in [6.07, 6.45) is 0.425. The number of carbonyl (C=O) groups excluding carboxylic acids is 1. The number of para-hydroxylation sites is 2. The highest BCUT2D eigenvalue weighted by Crippen LogP contribution is 2.39. The summed E-state index contributed by atoms with van der Waals surface area (Å²) in [4.78, 5) is 32.5. The van der Waals surface area contributed by atoms with Crippen molar-refractivity contribution in [3.63, 3.8) is 0 Å². The van der Waals surface area contributed by atoms with E-state index < -0.39 is 25.1 Å². The van der Waals surface area contributed by atoms with Gasteiger partial charge in [0, 0.05) is 23.8 Å². The molecule has 1 atom stereocenters. The van der Waals surface area contributed by atoms with E-state index in [0.29, 0.717) is 47.2 Å². The third kappa shape index (κ3) is 6.95. The van der Waals surface area contributed by atoms with Crippen molar-refractivity contribution < 1.29 is 23.6 Å². The van der Waals surface area contributed by atoms with E-state index in [1.54, 1.807) is 30.3 Å². The number of benzene rings is 3. The zero-order chi connectivity index (χ0) is 30.5. The van der Waals surface area contributed by atoms with Gasteiger partial charge in [-0.2, -0.15) is 0 Å². The number of esters is 1. The molecule has 4 aromatic rings. The number of methoxy groups -OCH3 is 1. The van der Waals surface area contributed by atoms with Crippen molar-refractivity contribution >= 4 is 20.0 Å². The molecule has 0 amide bonds. The van der Waals surface area contributed by atoms with Gasteiger partial charge < -0.3 is 18.9 Å². The van der Waals surface area contributed by atoms with E-state index in [1.807, 2.05) is 42.5 Å². The first-order chi connectivity index (χ1) is 19.9. The highest BCUT2D eigenvalue weighted by molar-refractivity contribution is 6.74. The quantitative estimate of drug-likeness (QED) is 0.0815. The highest BCUT2D eigenvalue weighted by Gasteiger charge is 2.37. The topological polar surface area (TPSA) is 117 Å². The summed E-state index contributed by atoms with van der Waals surface area (Å²) >= 11 is 0. The summed E-state index contributed by atoms with van der Waals surface area (Å²) in [5, 5.41) is 12.0. The van der Waals surface area contributed by atoms with E-state index >= 15 is 0 Å². The normalized spacial score (nSPS) is 12.5. The van der Waals surface area contributed by atoms with Gasteiger partial charge in [-0.15, -0.1) is 0 Å². The Hall–Kier alpha value is -4.28. The van der Waals surface area contributed by atoms with Crippen LogP contribution in [0.2, 0.25) is 18.1 Å². The number of H-pyrrole nitrogens is 1. The van der Waals surface area contributed by atoms with Gasteiger partial charge in [-0.1, -0.05) is 57.2 Å².